The summed E-state index contributed by atoms with van der Waals surface area (Å²) in [5.74, 6) is 0.872. The summed E-state index contributed by atoms with van der Waals surface area (Å²) in [4.78, 5) is 0. The van der Waals surface area contributed by atoms with Crippen molar-refractivity contribution < 1.29 is 4.74 Å². The molecule has 126 valence electrons. The van der Waals surface area contributed by atoms with Crippen molar-refractivity contribution in [3.63, 3.8) is 0 Å². The average Bonchev–Trinajstić information content (AvgIpc) is 3.03. The van der Waals surface area contributed by atoms with Gasteiger partial charge in [-0.2, -0.15) is 0 Å². The number of fused-ring (bicyclic) bond motifs is 4. The monoisotopic (exact) mass is 337 g/mol. The minimum absolute atomic E-state index is 0.872. The predicted octanol–water partition coefficient (Wildman–Crippen LogP) is 6.25. The maximum Gasteiger partial charge on any atom is 0.119 e. The molecular weight excluding hydrogens is 318 g/mol. The summed E-state index contributed by atoms with van der Waals surface area (Å²) in [6.07, 6.45) is 0. The van der Waals surface area contributed by atoms with Crippen molar-refractivity contribution in [2.24, 2.45) is 0 Å². The Morgan fingerprint density at radius 1 is 0.731 bits per heavy atom. The van der Waals surface area contributed by atoms with Crippen LogP contribution in [-0.4, -0.2) is 11.7 Å². The number of hydrogen-bond acceptors (Lipinski definition) is 1. The van der Waals surface area contributed by atoms with Crippen molar-refractivity contribution in [2.75, 3.05) is 7.11 Å². The molecule has 0 saturated carbocycles. The van der Waals surface area contributed by atoms with Crippen LogP contribution in [0.3, 0.4) is 0 Å². The number of hydrogen-bond donors (Lipinski definition) is 0. The molecule has 2 nitrogen and oxygen atoms in total. The molecule has 1 heterocycles. The van der Waals surface area contributed by atoms with Crippen molar-refractivity contribution in [3.05, 3.63) is 84.4 Å². The first kappa shape index (κ1) is 15.0. The second-order valence-electron chi connectivity index (χ2n) is 6.67. The number of para-hydroxylation sites is 1. The zero-order valence-corrected chi connectivity index (χ0v) is 14.9. The van der Waals surface area contributed by atoms with Gasteiger partial charge in [-0.1, -0.05) is 42.5 Å². The molecule has 0 unspecified atom stereocenters. The third-order valence-electron chi connectivity index (χ3n) is 5.26. The number of ether oxygens (including phenoxy) is 1. The van der Waals surface area contributed by atoms with E-state index in [0.717, 1.165) is 11.4 Å². The Labute approximate surface area is 152 Å². The Kier molecular flexibility index (Phi) is 3.26. The van der Waals surface area contributed by atoms with Crippen LogP contribution in [0, 0.1) is 6.92 Å². The maximum atomic E-state index is 5.33. The maximum absolute atomic E-state index is 5.33. The van der Waals surface area contributed by atoms with Gasteiger partial charge in [-0.05, 0) is 59.7 Å². The van der Waals surface area contributed by atoms with Gasteiger partial charge in [-0.25, -0.2) is 0 Å². The van der Waals surface area contributed by atoms with Crippen molar-refractivity contribution in [1.82, 2.24) is 4.57 Å². The number of aryl methyl sites for hydroxylation is 1. The van der Waals surface area contributed by atoms with Gasteiger partial charge >= 0.3 is 0 Å². The second-order valence-corrected chi connectivity index (χ2v) is 6.67. The summed E-state index contributed by atoms with van der Waals surface area (Å²) in [7, 11) is 1.70. The van der Waals surface area contributed by atoms with Gasteiger partial charge < -0.3 is 9.30 Å². The molecule has 0 aliphatic rings. The van der Waals surface area contributed by atoms with Crippen molar-refractivity contribution >= 4 is 32.6 Å². The largest absolute Gasteiger partial charge is 0.497 e. The fourth-order valence-corrected chi connectivity index (χ4v) is 4.03. The molecule has 0 bridgehead atoms. The number of nitrogens with zero attached hydrogens (tertiary/aromatic N) is 1. The minimum Gasteiger partial charge on any atom is -0.497 e. The van der Waals surface area contributed by atoms with Gasteiger partial charge in [0.2, 0.25) is 0 Å². The molecule has 5 rings (SSSR count). The van der Waals surface area contributed by atoms with Gasteiger partial charge in [0.15, 0.2) is 0 Å². The zero-order valence-electron chi connectivity index (χ0n) is 14.9. The highest BCUT2D eigenvalue weighted by atomic mass is 16.5. The molecule has 26 heavy (non-hydrogen) atoms. The van der Waals surface area contributed by atoms with E-state index < -0.39 is 0 Å². The van der Waals surface area contributed by atoms with Gasteiger partial charge in [0.05, 0.1) is 18.1 Å². The van der Waals surface area contributed by atoms with E-state index in [1.807, 2.05) is 12.1 Å². The fourth-order valence-electron chi connectivity index (χ4n) is 4.03. The molecule has 0 aliphatic carbocycles. The van der Waals surface area contributed by atoms with Gasteiger partial charge in [-0.15, -0.1) is 0 Å². The van der Waals surface area contributed by atoms with Crippen molar-refractivity contribution in [2.45, 2.75) is 6.92 Å². The van der Waals surface area contributed by atoms with E-state index in [4.69, 9.17) is 4.74 Å². The molecule has 5 aromatic rings. The first-order valence-corrected chi connectivity index (χ1v) is 8.84. The van der Waals surface area contributed by atoms with E-state index in [2.05, 4.69) is 78.2 Å². The minimum atomic E-state index is 0.872. The SMILES string of the molecule is COc1ccc(-n2c3ccccc3c3cc4ccccc4c(C)c32)cc1. The van der Waals surface area contributed by atoms with E-state index in [1.165, 1.54) is 38.1 Å². The van der Waals surface area contributed by atoms with E-state index in [9.17, 15) is 0 Å². The van der Waals surface area contributed by atoms with Crippen molar-refractivity contribution in [1.29, 1.82) is 0 Å². The summed E-state index contributed by atoms with van der Waals surface area (Å²) in [6, 6.07) is 27.9. The van der Waals surface area contributed by atoms with Crippen LogP contribution in [0.5, 0.6) is 5.75 Å². The summed E-state index contributed by atoms with van der Waals surface area (Å²) >= 11 is 0. The summed E-state index contributed by atoms with van der Waals surface area (Å²) in [5, 5.41) is 5.17. The Hall–Kier alpha value is -3.26. The first-order chi connectivity index (χ1) is 12.8. The van der Waals surface area contributed by atoms with E-state index in [0.29, 0.717) is 0 Å². The average molecular weight is 337 g/mol. The Morgan fingerprint density at radius 2 is 1.42 bits per heavy atom. The third kappa shape index (κ3) is 2.05. The molecule has 0 spiro atoms. The molecule has 0 atom stereocenters. The Bertz CT molecular complexity index is 1260. The molecular formula is C24H19NO. The molecule has 0 N–H and O–H groups in total. The lowest BCUT2D eigenvalue weighted by atomic mass is 10.0. The smallest absolute Gasteiger partial charge is 0.119 e. The molecule has 0 fully saturated rings. The van der Waals surface area contributed by atoms with Crippen LogP contribution in [0.4, 0.5) is 0 Å². The molecule has 0 saturated heterocycles. The molecule has 0 radical (unpaired) electrons. The molecule has 1 aromatic heterocycles. The molecule has 0 amide bonds. The van der Waals surface area contributed by atoms with Crippen LogP contribution < -0.4 is 4.74 Å². The number of benzene rings is 4. The number of rotatable bonds is 2. The Morgan fingerprint density at radius 3 is 2.19 bits per heavy atom. The highest BCUT2D eigenvalue weighted by Gasteiger charge is 2.15. The molecule has 4 aromatic carbocycles. The molecule has 2 heteroatoms. The number of methoxy groups -OCH3 is 1. The van der Waals surface area contributed by atoms with Gasteiger partial charge in [0, 0.05) is 16.5 Å². The van der Waals surface area contributed by atoms with E-state index >= 15 is 0 Å². The van der Waals surface area contributed by atoms with Crippen LogP contribution in [0.2, 0.25) is 0 Å². The van der Waals surface area contributed by atoms with Gasteiger partial charge in [-0.3, -0.25) is 0 Å². The topological polar surface area (TPSA) is 14.2 Å². The van der Waals surface area contributed by atoms with Crippen molar-refractivity contribution in [3.8, 4) is 11.4 Å². The lowest BCUT2D eigenvalue weighted by Gasteiger charge is -2.12. The first-order valence-electron chi connectivity index (χ1n) is 8.84. The lowest BCUT2D eigenvalue weighted by molar-refractivity contribution is 0.415. The fraction of sp³-hybridized carbons (Fsp3) is 0.0833. The third-order valence-corrected chi connectivity index (χ3v) is 5.26. The van der Waals surface area contributed by atoms with Crippen LogP contribution >= 0.6 is 0 Å². The van der Waals surface area contributed by atoms with Crippen LogP contribution in [0.1, 0.15) is 5.56 Å². The quantitative estimate of drug-likeness (QED) is 0.371. The Balaban J connectivity index is 1.98. The normalized spacial score (nSPS) is 11.5. The zero-order chi connectivity index (χ0) is 17.7. The standard InChI is InChI=1S/C24H19NO/c1-16-20-8-4-3-7-17(20)15-22-21-9-5-6-10-23(21)25(24(16)22)18-11-13-19(26-2)14-12-18/h3-15H,1-2H3. The predicted molar refractivity (Wildman–Crippen MR) is 110 cm³/mol. The lowest BCUT2D eigenvalue weighted by Crippen LogP contribution is -1.96. The highest BCUT2D eigenvalue weighted by molar-refractivity contribution is 6.15. The van der Waals surface area contributed by atoms with E-state index in [1.54, 1.807) is 7.11 Å². The number of aromatic nitrogens is 1. The van der Waals surface area contributed by atoms with Gasteiger partial charge in [0.25, 0.3) is 0 Å². The van der Waals surface area contributed by atoms with Crippen LogP contribution in [0.15, 0.2) is 78.9 Å². The van der Waals surface area contributed by atoms with Crippen LogP contribution in [-0.2, 0) is 0 Å². The van der Waals surface area contributed by atoms with E-state index in [-0.39, 0.29) is 0 Å². The summed E-state index contributed by atoms with van der Waals surface area (Å²) in [5.41, 5.74) is 4.96. The highest BCUT2D eigenvalue weighted by Crippen LogP contribution is 2.37. The molecule has 0 aliphatic heterocycles. The van der Waals surface area contributed by atoms with Gasteiger partial charge in [0.1, 0.15) is 5.75 Å². The summed E-state index contributed by atoms with van der Waals surface area (Å²) in [6.45, 7) is 2.23. The summed E-state index contributed by atoms with van der Waals surface area (Å²) < 4.78 is 7.70. The second kappa shape index (κ2) is 5.63. The van der Waals surface area contributed by atoms with Crippen LogP contribution in [0.25, 0.3) is 38.3 Å².